The van der Waals surface area contributed by atoms with E-state index < -0.39 is 5.97 Å². The summed E-state index contributed by atoms with van der Waals surface area (Å²) in [7, 11) is 0. The molecule has 0 aromatic heterocycles. The van der Waals surface area contributed by atoms with Crippen LogP contribution in [-0.2, 0) is 6.54 Å². The minimum atomic E-state index is -0.923. The second-order valence-corrected chi connectivity index (χ2v) is 4.84. The van der Waals surface area contributed by atoms with Gasteiger partial charge in [0.15, 0.2) is 0 Å². The highest BCUT2D eigenvalue weighted by atomic mass is 35.5. The van der Waals surface area contributed by atoms with Crippen LogP contribution in [-0.4, -0.2) is 17.7 Å². The summed E-state index contributed by atoms with van der Waals surface area (Å²) >= 11 is 6.12. The van der Waals surface area contributed by atoms with Crippen molar-refractivity contribution in [2.24, 2.45) is 0 Å². The first-order chi connectivity index (χ1) is 10.1. The lowest BCUT2D eigenvalue weighted by Crippen LogP contribution is -2.01. The molecule has 0 aliphatic heterocycles. The summed E-state index contributed by atoms with van der Waals surface area (Å²) in [6.45, 7) is 3.07. The number of hydrogen-bond acceptors (Lipinski definition) is 3. The predicted molar refractivity (Wildman–Crippen MR) is 83.3 cm³/mol. The number of nitrogens with one attached hydrogen (secondary N) is 1. The lowest BCUT2D eigenvalue weighted by molar-refractivity contribution is 0.0697. The molecule has 0 saturated carbocycles. The van der Waals surface area contributed by atoms with Crippen LogP contribution in [0.5, 0.6) is 5.75 Å². The molecule has 0 bridgehead atoms. The summed E-state index contributed by atoms with van der Waals surface area (Å²) in [6.07, 6.45) is 0. The quantitative estimate of drug-likeness (QED) is 0.845. The maximum atomic E-state index is 10.8. The summed E-state index contributed by atoms with van der Waals surface area (Å²) in [5, 5.41) is 12.6. The monoisotopic (exact) mass is 305 g/mol. The van der Waals surface area contributed by atoms with Gasteiger partial charge in [0.25, 0.3) is 0 Å². The molecule has 0 fully saturated rings. The minimum absolute atomic E-state index is 0.280. The van der Waals surface area contributed by atoms with Crippen LogP contribution in [0.2, 0.25) is 5.02 Å². The van der Waals surface area contributed by atoms with Crippen molar-refractivity contribution in [3.8, 4) is 5.75 Å². The number of rotatable bonds is 6. The molecule has 4 nitrogen and oxygen atoms in total. The van der Waals surface area contributed by atoms with Crippen LogP contribution >= 0.6 is 11.6 Å². The van der Waals surface area contributed by atoms with Gasteiger partial charge < -0.3 is 15.2 Å². The molecule has 2 aromatic carbocycles. The Balaban J connectivity index is 1.99. The van der Waals surface area contributed by atoms with E-state index in [1.54, 1.807) is 30.3 Å². The van der Waals surface area contributed by atoms with Gasteiger partial charge >= 0.3 is 5.97 Å². The van der Waals surface area contributed by atoms with Gasteiger partial charge in [0.1, 0.15) is 5.75 Å². The van der Waals surface area contributed by atoms with E-state index in [2.05, 4.69) is 5.32 Å². The average Bonchev–Trinajstić information content (AvgIpc) is 2.48. The molecule has 0 heterocycles. The number of hydrogen-bond donors (Lipinski definition) is 2. The van der Waals surface area contributed by atoms with Gasteiger partial charge in [0.05, 0.1) is 17.2 Å². The first-order valence-corrected chi connectivity index (χ1v) is 6.96. The fraction of sp³-hybridized carbons (Fsp3) is 0.188. The van der Waals surface area contributed by atoms with Crippen LogP contribution in [0, 0.1) is 0 Å². The highest BCUT2D eigenvalue weighted by molar-refractivity contribution is 6.32. The van der Waals surface area contributed by atoms with Gasteiger partial charge in [-0.2, -0.15) is 0 Å². The molecular weight excluding hydrogens is 290 g/mol. The molecule has 2 N–H and O–H groups in total. The number of anilines is 1. The van der Waals surface area contributed by atoms with Gasteiger partial charge in [-0.1, -0.05) is 23.7 Å². The first kappa shape index (κ1) is 15.2. The molecule has 0 saturated heterocycles. The Kier molecular flexibility index (Phi) is 5.06. The minimum Gasteiger partial charge on any atom is -0.492 e. The maximum absolute atomic E-state index is 10.8. The Labute approximate surface area is 128 Å². The zero-order valence-electron chi connectivity index (χ0n) is 11.6. The highest BCUT2D eigenvalue weighted by Crippen LogP contribution is 2.27. The molecule has 0 unspecified atom stereocenters. The number of aromatic carboxylic acids is 1. The molecule has 0 radical (unpaired) electrons. The average molecular weight is 306 g/mol. The van der Waals surface area contributed by atoms with E-state index in [0.29, 0.717) is 23.9 Å². The van der Waals surface area contributed by atoms with Crippen molar-refractivity contribution in [3.05, 3.63) is 58.6 Å². The van der Waals surface area contributed by atoms with E-state index in [1.807, 2.05) is 19.1 Å². The number of halogens is 1. The second-order valence-electron chi connectivity index (χ2n) is 4.43. The molecule has 5 heteroatoms. The van der Waals surface area contributed by atoms with Crippen molar-refractivity contribution >= 4 is 23.3 Å². The topological polar surface area (TPSA) is 58.6 Å². The Morgan fingerprint density at radius 1 is 1.24 bits per heavy atom. The number of carboxylic acid groups (broad SMARTS) is 1. The molecule has 0 amide bonds. The smallest absolute Gasteiger partial charge is 0.335 e. The molecule has 2 rings (SSSR count). The molecule has 21 heavy (non-hydrogen) atoms. The van der Waals surface area contributed by atoms with E-state index >= 15 is 0 Å². The van der Waals surface area contributed by atoms with Crippen molar-refractivity contribution in [2.45, 2.75) is 13.5 Å². The van der Waals surface area contributed by atoms with Gasteiger partial charge in [0, 0.05) is 12.2 Å². The van der Waals surface area contributed by atoms with Gasteiger partial charge in [-0.25, -0.2) is 4.79 Å². The van der Waals surface area contributed by atoms with Crippen molar-refractivity contribution in [1.29, 1.82) is 0 Å². The van der Waals surface area contributed by atoms with Crippen LogP contribution < -0.4 is 10.1 Å². The molecular formula is C16H16ClNO3. The van der Waals surface area contributed by atoms with E-state index in [-0.39, 0.29) is 5.56 Å². The third kappa shape index (κ3) is 4.13. The van der Waals surface area contributed by atoms with Crippen molar-refractivity contribution in [1.82, 2.24) is 0 Å². The van der Waals surface area contributed by atoms with E-state index in [0.717, 1.165) is 11.3 Å². The summed E-state index contributed by atoms with van der Waals surface area (Å²) in [6, 6.07) is 12.3. The van der Waals surface area contributed by atoms with Gasteiger partial charge in [-0.15, -0.1) is 0 Å². The molecule has 110 valence electrons. The number of benzene rings is 2. The fourth-order valence-corrected chi connectivity index (χ4v) is 2.09. The van der Waals surface area contributed by atoms with Crippen LogP contribution in [0.3, 0.4) is 0 Å². The predicted octanol–water partition coefficient (Wildman–Crippen LogP) is 4.05. The summed E-state index contributed by atoms with van der Waals surface area (Å²) < 4.78 is 5.37. The van der Waals surface area contributed by atoms with Crippen molar-refractivity contribution < 1.29 is 14.6 Å². The SMILES string of the molecule is CCOc1ccc(NCc2ccc(C(=O)O)cc2)cc1Cl. The van der Waals surface area contributed by atoms with Crippen molar-refractivity contribution in [3.63, 3.8) is 0 Å². The van der Waals surface area contributed by atoms with E-state index in [9.17, 15) is 4.79 Å². The Morgan fingerprint density at radius 2 is 1.95 bits per heavy atom. The van der Waals surface area contributed by atoms with E-state index in [1.165, 1.54) is 0 Å². The van der Waals surface area contributed by atoms with Crippen LogP contribution in [0.25, 0.3) is 0 Å². The van der Waals surface area contributed by atoms with Crippen LogP contribution in [0.1, 0.15) is 22.8 Å². The normalized spacial score (nSPS) is 10.2. The molecule has 0 spiro atoms. The highest BCUT2D eigenvalue weighted by Gasteiger charge is 2.04. The van der Waals surface area contributed by atoms with E-state index in [4.69, 9.17) is 21.4 Å². The Morgan fingerprint density at radius 3 is 2.52 bits per heavy atom. The first-order valence-electron chi connectivity index (χ1n) is 6.58. The molecule has 2 aromatic rings. The Hall–Kier alpha value is -2.20. The number of carboxylic acids is 1. The number of ether oxygens (including phenoxy) is 1. The molecule has 0 atom stereocenters. The number of carbonyl (C=O) groups is 1. The fourth-order valence-electron chi connectivity index (χ4n) is 1.85. The standard InChI is InChI=1S/C16H16ClNO3/c1-2-21-15-8-7-13(9-14(15)17)18-10-11-3-5-12(6-4-11)16(19)20/h3-9,18H,2,10H2,1H3,(H,19,20). The molecule has 0 aliphatic rings. The third-order valence-corrected chi connectivity index (χ3v) is 3.22. The van der Waals surface area contributed by atoms with Gasteiger partial charge in [-0.05, 0) is 42.8 Å². The summed E-state index contributed by atoms with van der Waals surface area (Å²) in [4.78, 5) is 10.8. The third-order valence-electron chi connectivity index (χ3n) is 2.93. The molecule has 0 aliphatic carbocycles. The lowest BCUT2D eigenvalue weighted by atomic mass is 10.1. The summed E-state index contributed by atoms with van der Waals surface area (Å²) in [5.41, 5.74) is 2.15. The zero-order valence-corrected chi connectivity index (χ0v) is 12.4. The largest absolute Gasteiger partial charge is 0.492 e. The van der Waals surface area contributed by atoms with Crippen LogP contribution in [0.15, 0.2) is 42.5 Å². The maximum Gasteiger partial charge on any atom is 0.335 e. The van der Waals surface area contributed by atoms with Crippen molar-refractivity contribution in [2.75, 3.05) is 11.9 Å². The zero-order chi connectivity index (χ0) is 15.2. The Bertz CT molecular complexity index is 626. The van der Waals surface area contributed by atoms with Crippen LogP contribution in [0.4, 0.5) is 5.69 Å². The second kappa shape index (κ2) is 6.99. The summed E-state index contributed by atoms with van der Waals surface area (Å²) in [5.74, 6) is -0.261. The van der Waals surface area contributed by atoms with Gasteiger partial charge in [0.2, 0.25) is 0 Å². The lowest BCUT2D eigenvalue weighted by Gasteiger charge is -2.10. The van der Waals surface area contributed by atoms with Gasteiger partial charge in [-0.3, -0.25) is 0 Å².